The van der Waals surface area contributed by atoms with E-state index in [-0.39, 0.29) is 0 Å². The van der Waals surface area contributed by atoms with Crippen LogP contribution in [-0.2, 0) is 0 Å². The van der Waals surface area contributed by atoms with Gasteiger partial charge in [0, 0.05) is 5.39 Å². The third-order valence-electron chi connectivity index (χ3n) is 3.06. The first-order valence-corrected chi connectivity index (χ1v) is 6.69. The standard InChI is InChI=1S/C17H21N/c1-13(2)12-14(3)8-10-16-11-9-15-6-4-5-7-17(15)18-16/h4-11,13-14H,12H2,1-3H3/b10-8+/t14-/m1/s1. The lowest BCUT2D eigenvalue weighted by atomic mass is 9.98. The lowest BCUT2D eigenvalue weighted by Gasteiger charge is -2.08. The van der Waals surface area contributed by atoms with Gasteiger partial charge in [0.1, 0.15) is 0 Å². The summed E-state index contributed by atoms with van der Waals surface area (Å²) in [5, 5.41) is 1.20. The Balaban J connectivity index is 2.14. The molecule has 0 saturated carbocycles. The van der Waals surface area contributed by atoms with Gasteiger partial charge in [0.25, 0.3) is 0 Å². The number of aromatic nitrogens is 1. The topological polar surface area (TPSA) is 12.9 Å². The molecule has 0 N–H and O–H groups in total. The molecule has 2 aromatic rings. The van der Waals surface area contributed by atoms with Gasteiger partial charge in [-0.05, 0) is 36.5 Å². The smallest absolute Gasteiger partial charge is 0.0709 e. The SMILES string of the molecule is CC(C)C[C@H](C)/C=C/c1ccc2ccccc2n1. The van der Waals surface area contributed by atoms with E-state index in [4.69, 9.17) is 0 Å². The molecule has 0 aliphatic heterocycles. The molecule has 1 aromatic carbocycles. The molecule has 1 heteroatoms. The molecular weight excluding hydrogens is 218 g/mol. The lowest BCUT2D eigenvalue weighted by molar-refractivity contribution is 0.504. The summed E-state index contributed by atoms with van der Waals surface area (Å²) in [6, 6.07) is 12.5. The van der Waals surface area contributed by atoms with Crippen LogP contribution in [0.3, 0.4) is 0 Å². The van der Waals surface area contributed by atoms with Crippen LogP contribution in [0.1, 0.15) is 32.9 Å². The normalized spacial score (nSPS) is 13.6. The summed E-state index contributed by atoms with van der Waals surface area (Å²) in [6.45, 7) is 6.79. The highest BCUT2D eigenvalue weighted by atomic mass is 14.7. The molecule has 0 saturated heterocycles. The van der Waals surface area contributed by atoms with Gasteiger partial charge < -0.3 is 0 Å². The molecule has 0 unspecified atom stereocenters. The fourth-order valence-corrected chi connectivity index (χ4v) is 2.26. The fraction of sp³-hybridized carbons (Fsp3) is 0.353. The van der Waals surface area contributed by atoms with Gasteiger partial charge >= 0.3 is 0 Å². The highest BCUT2D eigenvalue weighted by Crippen LogP contribution is 2.16. The maximum atomic E-state index is 4.64. The van der Waals surface area contributed by atoms with Crippen LogP contribution < -0.4 is 0 Å². The Hall–Kier alpha value is -1.63. The number of allylic oxidation sites excluding steroid dienone is 1. The average Bonchev–Trinajstić information content (AvgIpc) is 2.35. The monoisotopic (exact) mass is 239 g/mol. The Morgan fingerprint density at radius 2 is 1.83 bits per heavy atom. The van der Waals surface area contributed by atoms with Crippen LogP contribution in [0.15, 0.2) is 42.5 Å². The van der Waals surface area contributed by atoms with Gasteiger partial charge in [0.2, 0.25) is 0 Å². The van der Waals surface area contributed by atoms with Crippen LogP contribution in [0.25, 0.3) is 17.0 Å². The maximum Gasteiger partial charge on any atom is 0.0709 e. The van der Waals surface area contributed by atoms with Crippen molar-refractivity contribution in [1.29, 1.82) is 0 Å². The largest absolute Gasteiger partial charge is 0.248 e. The summed E-state index contributed by atoms with van der Waals surface area (Å²) in [7, 11) is 0. The van der Waals surface area contributed by atoms with Crippen molar-refractivity contribution in [1.82, 2.24) is 4.98 Å². The number of nitrogens with zero attached hydrogens (tertiary/aromatic N) is 1. The molecule has 1 heterocycles. The summed E-state index contributed by atoms with van der Waals surface area (Å²) >= 11 is 0. The van der Waals surface area contributed by atoms with Crippen molar-refractivity contribution < 1.29 is 0 Å². The van der Waals surface area contributed by atoms with Crippen molar-refractivity contribution in [2.75, 3.05) is 0 Å². The summed E-state index contributed by atoms with van der Waals surface area (Å²) in [5.74, 6) is 1.35. The Bertz CT molecular complexity index is 540. The van der Waals surface area contributed by atoms with Crippen molar-refractivity contribution >= 4 is 17.0 Å². The van der Waals surface area contributed by atoms with Crippen LogP contribution >= 0.6 is 0 Å². The number of hydrogen-bond acceptors (Lipinski definition) is 1. The van der Waals surface area contributed by atoms with Crippen LogP contribution in [0.4, 0.5) is 0 Å². The van der Waals surface area contributed by atoms with E-state index >= 15 is 0 Å². The Morgan fingerprint density at radius 1 is 1.06 bits per heavy atom. The number of hydrogen-bond donors (Lipinski definition) is 0. The second-order valence-electron chi connectivity index (χ2n) is 5.39. The molecule has 0 radical (unpaired) electrons. The van der Waals surface area contributed by atoms with Gasteiger partial charge in [-0.2, -0.15) is 0 Å². The molecule has 1 nitrogen and oxygen atoms in total. The molecule has 0 spiro atoms. The molecule has 1 atom stereocenters. The highest BCUT2D eigenvalue weighted by Gasteiger charge is 2.01. The van der Waals surface area contributed by atoms with Crippen LogP contribution in [0.5, 0.6) is 0 Å². The molecule has 18 heavy (non-hydrogen) atoms. The number of para-hydroxylation sites is 1. The van der Waals surface area contributed by atoms with Gasteiger partial charge in [-0.15, -0.1) is 0 Å². The zero-order valence-electron chi connectivity index (χ0n) is 11.4. The number of benzene rings is 1. The molecule has 0 amide bonds. The molecule has 1 aromatic heterocycles. The first-order valence-electron chi connectivity index (χ1n) is 6.69. The van der Waals surface area contributed by atoms with Gasteiger partial charge in [-0.1, -0.05) is 51.1 Å². The van der Waals surface area contributed by atoms with E-state index in [9.17, 15) is 0 Å². The van der Waals surface area contributed by atoms with Crippen molar-refractivity contribution in [3.63, 3.8) is 0 Å². The van der Waals surface area contributed by atoms with Gasteiger partial charge in [0.15, 0.2) is 0 Å². The van der Waals surface area contributed by atoms with E-state index < -0.39 is 0 Å². The summed E-state index contributed by atoms with van der Waals surface area (Å²) in [5.41, 5.74) is 2.11. The van der Waals surface area contributed by atoms with Crippen LogP contribution in [0, 0.1) is 11.8 Å². The van der Waals surface area contributed by atoms with Crippen molar-refractivity contribution in [3.8, 4) is 0 Å². The van der Waals surface area contributed by atoms with Crippen LogP contribution in [-0.4, -0.2) is 4.98 Å². The Labute approximate surface area is 110 Å². The first-order chi connectivity index (χ1) is 8.65. The van der Waals surface area contributed by atoms with Crippen LogP contribution in [0.2, 0.25) is 0 Å². The second kappa shape index (κ2) is 5.81. The summed E-state index contributed by atoms with van der Waals surface area (Å²) in [6.07, 6.45) is 5.63. The van der Waals surface area contributed by atoms with E-state index in [0.29, 0.717) is 5.92 Å². The molecular formula is C17H21N. The lowest BCUT2D eigenvalue weighted by Crippen LogP contribution is -1.96. The summed E-state index contributed by atoms with van der Waals surface area (Å²) in [4.78, 5) is 4.64. The van der Waals surface area contributed by atoms with E-state index in [1.807, 2.05) is 12.1 Å². The average molecular weight is 239 g/mol. The van der Waals surface area contributed by atoms with Crippen molar-refractivity contribution in [3.05, 3.63) is 48.2 Å². The quantitative estimate of drug-likeness (QED) is 0.737. The van der Waals surface area contributed by atoms with E-state index in [1.165, 1.54) is 11.8 Å². The van der Waals surface area contributed by atoms with Gasteiger partial charge in [-0.3, -0.25) is 0 Å². The molecule has 2 rings (SSSR count). The Kier molecular flexibility index (Phi) is 4.14. The Morgan fingerprint density at radius 3 is 2.61 bits per heavy atom. The third-order valence-corrected chi connectivity index (χ3v) is 3.06. The minimum Gasteiger partial charge on any atom is -0.248 e. The van der Waals surface area contributed by atoms with E-state index in [0.717, 1.165) is 17.1 Å². The predicted octanol–water partition coefficient (Wildman–Crippen LogP) is 4.93. The number of fused-ring (bicyclic) bond motifs is 1. The minimum atomic E-state index is 0.610. The van der Waals surface area contributed by atoms with E-state index in [2.05, 4.69) is 62.2 Å². The fourth-order valence-electron chi connectivity index (χ4n) is 2.26. The number of rotatable bonds is 4. The predicted molar refractivity (Wildman–Crippen MR) is 79.4 cm³/mol. The molecule has 0 bridgehead atoms. The molecule has 94 valence electrons. The minimum absolute atomic E-state index is 0.610. The molecule has 0 aliphatic rings. The molecule has 0 fully saturated rings. The van der Waals surface area contributed by atoms with Gasteiger partial charge in [-0.25, -0.2) is 4.98 Å². The highest BCUT2D eigenvalue weighted by molar-refractivity contribution is 5.79. The van der Waals surface area contributed by atoms with Crippen molar-refractivity contribution in [2.24, 2.45) is 11.8 Å². The first kappa shape index (κ1) is 12.8. The zero-order valence-corrected chi connectivity index (χ0v) is 11.4. The zero-order chi connectivity index (χ0) is 13.0. The number of pyridine rings is 1. The third kappa shape index (κ3) is 3.43. The van der Waals surface area contributed by atoms with E-state index in [1.54, 1.807) is 0 Å². The van der Waals surface area contributed by atoms with Crippen molar-refractivity contribution in [2.45, 2.75) is 27.2 Å². The molecule has 0 aliphatic carbocycles. The summed E-state index contributed by atoms with van der Waals surface area (Å²) < 4.78 is 0. The van der Waals surface area contributed by atoms with Gasteiger partial charge in [0.05, 0.1) is 11.2 Å². The second-order valence-corrected chi connectivity index (χ2v) is 5.39. The maximum absolute atomic E-state index is 4.64.